The fraction of sp³-hybridized carbons (Fsp3) is 0.750. The lowest BCUT2D eigenvalue weighted by Gasteiger charge is -2.36. The van der Waals surface area contributed by atoms with Crippen LogP contribution in [-0.4, -0.2) is 43.7 Å². The number of hydrogen-bond donors (Lipinski definition) is 0. The predicted octanol–water partition coefficient (Wildman–Crippen LogP) is 3.64. The number of alkyl halides is 1. The number of carbonyl (C=O) groups excluding carboxylic acids is 1. The molecule has 20 heavy (non-hydrogen) atoms. The maximum absolute atomic E-state index is 11.0. The highest BCUT2D eigenvalue weighted by Gasteiger charge is 2.38. The van der Waals surface area contributed by atoms with E-state index in [2.05, 4.69) is 39.3 Å². The van der Waals surface area contributed by atoms with E-state index in [9.17, 15) is 4.79 Å². The average molecular weight is 355 g/mol. The van der Waals surface area contributed by atoms with Crippen molar-refractivity contribution >= 4 is 42.8 Å². The number of carbonyl (C=O) groups is 1. The minimum absolute atomic E-state index is 0.126. The summed E-state index contributed by atoms with van der Waals surface area (Å²) in [6.45, 7) is 15.1. The first-order valence-corrected chi connectivity index (χ1v) is 16.4. The van der Waals surface area contributed by atoms with Crippen LogP contribution < -0.4 is 0 Å². The first-order valence-electron chi connectivity index (χ1n) is 6.66. The van der Waals surface area contributed by atoms with Gasteiger partial charge in [-0.2, -0.15) is 0 Å². The quantitative estimate of drug-likeness (QED) is 0.379. The Morgan fingerprint density at radius 2 is 1.45 bits per heavy atom. The number of hydrogen-bond acceptors (Lipinski definition) is 4. The van der Waals surface area contributed by atoms with E-state index >= 15 is 0 Å². The molecule has 0 aromatic carbocycles. The minimum atomic E-state index is -2.38. The van der Waals surface area contributed by atoms with Crippen LogP contribution in [-0.2, 0) is 17.8 Å². The Balaban J connectivity index is 4.77. The van der Waals surface area contributed by atoms with Gasteiger partial charge in [-0.15, -0.1) is 11.6 Å². The Kier molecular flexibility index (Phi) is 7.93. The van der Waals surface area contributed by atoms with Crippen LogP contribution >= 0.6 is 11.6 Å². The van der Waals surface area contributed by atoms with Crippen molar-refractivity contribution in [3.8, 4) is 0 Å². The van der Waals surface area contributed by atoms with E-state index in [0.29, 0.717) is 0 Å². The van der Waals surface area contributed by atoms with Gasteiger partial charge in [0.1, 0.15) is 12.5 Å². The molecule has 0 saturated carbocycles. The molecule has 0 aliphatic carbocycles. The molecule has 0 amide bonds. The van der Waals surface area contributed by atoms with Gasteiger partial charge >= 0.3 is 14.5 Å². The van der Waals surface area contributed by atoms with Crippen molar-refractivity contribution in [3.63, 3.8) is 0 Å². The van der Waals surface area contributed by atoms with E-state index in [1.807, 2.05) is 12.2 Å². The SMILES string of the molecule is C[Si](C)(C)O[Si](C)(C=CCOC(=O)CCl)O[Si](C)(C)C. The van der Waals surface area contributed by atoms with E-state index in [-0.39, 0.29) is 12.5 Å². The maximum Gasteiger partial charge on any atom is 0.341 e. The first-order chi connectivity index (χ1) is 8.87. The summed E-state index contributed by atoms with van der Waals surface area (Å²) in [7, 11) is -5.79. The van der Waals surface area contributed by atoms with Crippen LogP contribution in [0.2, 0.25) is 45.8 Å². The average Bonchev–Trinajstić information content (AvgIpc) is 2.18. The summed E-state index contributed by atoms with van der Waals surface area (Å²) in [5.74, 6) is -0.545. The highest BCUT2D eigenvalue weighted by molar-refractivity contribution is 6.89. The molecule has 0 radical (unpaired) electrons. The predicted molar refractivity (Wildman–Crippen MR) is 91.3 cm³/mol. The van der Waals surface area contributed by atoms with Crippen LogP contribution in [0.15, 0.2) is 11.8 Å². The Morgan fingerprint density at radius 3 is 1.80 bits per heavy atom. The molecule has 0 aliphatic heterocycles. The van der Waals surface area contributed by atoms with Crippen molar-refractivity contribution in [2.45, 2.75) is 45.8 Å². The van der Waals surface area contributed by atoms with E-state index < -0.39 is 31.2 Å². The molecular formula is C12H27ClO4Si3. The number of esters is 1. The van der Waals surface area contributed by atoms with Gasteiger partial charge in [0.2, 0.25) is 0 Å². The van der Waals surface area contributed by atoms with Crippen molar-refractivity contribution in [2.24, 2.45) is 0 Å². The molecule has 0 unspecified atom stereocenters. The third-order valence-electron chi connectivity index (χ3n) is 1.89. The van der Waals surface area contributed by atoms with Gasteiger partial charge in [-0.1, -0.05) is 6.08 Å². The summed E-state index contributed by atoms with van der Waals surface area (Å²) in [5, 5.41) is 0. The molecule has 0 fully saturated rings. The summed E-state index contributed by atoms with van der Waals surface area (Å²) < 4.78 is 17.5. The fourth-order valence-corrected chi connectivity index (χ4v) is 13.2. The minimum Gasteiger partial charge on any atom is -0.461 e. The van der Waals surface area contributed by atoms with E-state index in [1.165, 1.54) is 0 Å². The molecule has 0 heterocycles. The van der Waals surface area contributed by atoms with Crippen LogP contribution in [0.25, 0.3) is 0 Å². The molecule has 0 spiro atoms. The smallest absolute Gasteiger partial charge is 0.341 e. The second kappa shape index (κ2) is 7.90. The Labute approximate surface area is 131 Å². The Morgan fingerprint density at radius 1 is 1.00 bits per heavy atom. The van der Waals surface area contributed by atoms with Crippen molar-refractivity contribution in [3.05, 3.63) is 11.8 Å². The molecule has 8 heteroatoms. The van der Waals surface area contributed by atoms with Crippen LogP contribution in [0.1, 0.15) is 0 Å². The maximum atomic E-state index is 11.0. The standard InChI is InChI=1S/C12H27ClO4Si3/c1-18(2,3)16-20(7,17-19(4,5)6)10-8-9-15-12(14)11-13/h8,10H,9,11H2,1-7H3. The first kappa shape index (κ1) is 20.1. The summed E-state index contributed by atoms with van der Waals surface area (Å²) >= 11 is 5.37. The largest absolute Gasteiger partial charge is 0.461 e. The van der Waals surface area contributed by atoms with E-state index in [1.54, 1.807) is 6.08 Å². The van der Waals surface area contributed by atoms with Gasteiger partial charge in [0.05, 0.1) is 0 Å². The van der Waals surface area contributed by atoms with Gasteiger partial charge in [-0.05, 0) is 51.5 Å². The molecule has 0 aliphatic rings. The zero-order chi connectivity index (χ0) is 16.0. The molecule has 0 aromatic rings. The van der Waals surface area contributed by atoms with Crippen molar-refractivity contribution < 1.29 is 17.8 Å². The Hall–Kier alpha value is 0.0706. The second-order valence-electron chi connectivity index (χ2n) is 6.66. The molecule has 0 saturated heterocycles. The zero-order valence-corrected chi connectivity index (χ0v) is 17.3. The third-order valence-corrected chi connectivity index (χ3v) is 11.1. The van der Waals surface area contributed by atoms with Gasteiger partial charge in [0.25, 0.3) is 0 Å². The van der Waals surface area contributed by atoms with Gasteiger partial charge in [-0.3, -0.25) is 4.79 Å². The fourth-order valence-electron chi connectivity index (χ4n) is 1.75. The molecule has 0 aromatic heterocycles. The molecular weight excluding hydrogens is 328 g/mol. The molecule has 0 bridgehead atoms. The highest BCUT2D eigenvalue weighted by Crippen LogP contribution is 2.21. The molecule has 0 rings (SSSR count). The second-order valence-corrected chi connectivity index (χ2v) is 19.4. The summed E-state index contributed by atoms with van der Waals surface area (Å²) in [4.78, 5) is 11.0. The van der Waals surface area contributed by atoms with Crippen molar-refractivity contribution in [1.29, 1.82) is 0 Å². The van der Waals surface area contributed by atoms with Crippen molar-refractivity contribution in [1.82, 2.24) is 0 Å². The highest BCUT2D eigenvalue weighted by atomic mass is 35.5. The third kappa shape index (κ3) is 10.8. The normalized spacial score (nSPS) is 13.8. The van der Waals surface area contributed by atoms with E-state index in [0.717, 1.165) is 0 Å². The topological polar surface area (TPSA) is 44.8 Å². The summed E-state index contributed by atoms with van der Waals surface area (Å²) in [6.07, 6.45) is 1.80. The van der Waals surface area contributed by atoms with Gasteiger partial charge in [0, 0.05) is 0 Å². The van der Waals surface area contributed by atoms with Crippen LogP contribution in [0.5, 0.6) is 0 Å². The lowest BCUT2D eigenvalue weighted by molar-refractivity contribution is -0.139. The van der Waals surface area contributed by atoms with Crippen LogP contribution in [0.4, 0.5) is 0 Å². The number of ether oxygens (including phenoxy) is 1. The lowest BCUT2D eigenvalue weighted by atomic mass is 10.7. The Bertz CT molecular complexity index is 332. The molecule has 4 nitrogen and oxygen atoms in total. The van der Waals surface area contributed by atoms with Crippen LogP contribution in [0, 0.1) is 0 Å². The van der Waals surface area contributed by atoms with E-state index in [4.69, 9.17) is 24.6 Å². The number of rotatable bonds is 8. The van der Waals surface area contributed by atoms with Crippen LogP contribution in [0.3, 0.4) is 0 Å². The monoisotopic (exact) mass is 354 g/mol. The lowest BCUT2D eigenvalue weighted by Crippen LogP contribution is -2.51. The molecule has 0 atom stereocenters. The summed E-state index contributed by atoms with van der Waals surface area (Å²) in [5.41, 5.74) is 1.96. The zero-order valence-electron chi connectivity index (χ0n) is 13.6. The molecule has 118 valence electrons. The van der Waals surface area contributed by atoms with Crippen molar-refractivity contribution in [2.75, 3.05) is 12.5 Å². The van der Waals surface area contributed by atoms with Gasteiger partial charge in [0.15, 0.2) is 16.6 Å². The number of halogens is 1. The molecule has 0 N–H and O–H groups in total. The van der Waals surface area contributed by atoms with Gasteiger partial charge in [-0.25, -0.2) is 0 Å². The van der Waals surface area contributed by atoms with Gasteiger partial charge < -0.3 is 13.0 Å². The summed E-state index contributed by atoms with van der Waals surface area (Å²) in [6, 6.07) is 0.